The zero-order valence-electron chi connectivity index (χ0n) is 12.0. The van der Waals surface area contributed by atoms with Crippen LogP contribution in [0.15, 0.2) is 22.7 Å². The maximum absolute atomic E-state index is 5.70. The minimum atomic E-state index is 0.224. The Labute approximate surface area is 118 Å². The van der Waals surface area contributed by atoms with Crippen molar-refractivity contribution in [2.24, 2.45) is 0 Å². The maximum atomic E-state index is 5.70. The molecular formula is C14H19N3O3. The van der Waals surface area contributed by atoms with Crippen molar-refractivity contribution >= 4 is 0 Å². The summed E-state index contributed by atoms with van der Waals surface area (Å²) in [6.45, 7) is 5.77. The molecule has 1 aromatic heterocycles. The first kappa shape index (κ1) is 14.3. The number of aromatic nitrogens is 2. The van der Waals surface area contributed by atoms with Crippen LogP contribution >= 0.6 is 0 Å². The Hall–Kier alpha value is -2.08. The molecule has 0 aliphatic rings. The summed E-state index contributed by atoms with van der Waals surface area (Å²) in [4.78, 5) is 4.10. The first-order valence-electron chi connectivity index (χ1n) is 6.52. The Morgan fingerprint density at radius 3 is 2.80 bits per heavy atom. The second-order valence-electron chi connectivity index (χ2n) is 4.29. The van der Waals surface area contributed by atoms with Crippen LogP contribution in [0.3, 0.4) is 0 Å². The van der Waals surface area contributed by atoms with Crippen LogP contribution in [0.5, 0.6) is 11.5 Å². The Morgan fingerprint density at radius 1 is 1.30 bits per heavy atom. The molecule has 1 heterocycles. The maximum Gasteiger partial charge on any atom is 0.264 e. The second kappa shape index (κ2) is 6.91. The lowest BCUT2D eigenvalue weighted by atomic mass is 10.2. The van der Waals surface area contributed by atoms with Crippen molar-refractivity contribution in [3.05, 3.63) is 35.5 Å². The number of nitrogens with zero attached hydrogens (tertiary/aromatic N) is 2. The highest BCUT2D eigenvalue weighted by molar-refractivity contribution is 5.42. The third-order valence-corrected chi connectivity index (χ3v) is 2.73. The summed E-state index contributed by atoms with van der Waals surface area (Å²) in [5.74, 6) is 2.39. The van der Waals surface area contributed by atoms with E-state index in [-0.39, 0.29) is 6.61 Å². The molecule has 6 heteroatoms. The summed E-state index contributed by atoms with van der Waals surface area (Å²) >= 11 is 0. The highest BCUT2D eigenvalue weighted by Crippen LogP contribution is 2.28. The Balaban J connectivity index is 2.07. The molecule has 0 spiro atoms. The van der Waals surface area contributed by atoms with E-state index in [1.165, 1.54) is 0 Å². The van der Waals surface area contributed by atoms with Crippen LogP contribution in [0.4, 0.5) is 0 Å². The average molecular weight is 277 g/mol. The first-order valence-corrected chi connectivity index (χ1v) is 6.52. The summed E-state index contributed by atoms with van der Waals surface area (Å²) in [5, 5.41) is 6.99. The van der Waals surface area contributed by atoms with Gasteiger partial charge in [-0.2, -0.15) is 4.98 Å². The third-order valence-electron chi connectivity index (χ3n) is 2.73. The van der Waals surface area contributed by atoms with E-state index in [9.17, 15) is 0 Å². The van der Waals surface area contributed by atoms with E-state index in [4.69, 9.17) is 14.0 Å². The zero-order valence-corrected chi connectivity index (χ0v) is 12.0. The van der Waals surface area contributed by atoms with Gasteiger partial charge in [0.25, 0.3) is 5.89 Å². The molecule has 2 aromatic rings. The van der Waals surface area contributed by atoms with E-state index in [2.05, 4.69) is 22.4 Å². The van der Waals surface area contributed by atoms with Gasteiger partial charge in [0.05, 0.1) is 7.11 Å². The van der Waals surface area contributed by atoms with Crippen LogP contribution in [0.25, 0.3) is 0 Å². The molecular weight excluding hydrogens is 258 g/mol. The molecule has 0 aliphatic carbocycles. The Bertz CT molecular complexity index is 554. The van der Waals surface area contributed by atoms with Crippen molar-refractivity contribution < 1.29 is 14.0 Å². The average Bonchev–Trinajstić information content (AvgIpc) is 2.88. The van der Waals surface area contributed by atoms with Gasteiger partial charge in [-0.15, -0.1) is 0 Å². The number of rotatable bonds is 7. The summed E-state index contributed by atoms with van der Waals surface area (Å²) < 4.78 is 16.0. The van der Waals surface area contributed by atoms with Crippen molar-refractivity contribution in [2.75, 3.05) is 13.7 Å². The van der Waals surface area contributed by atoms with Crippen LogP contribution in [0.2, 0.25) is 0 Å². The molecule has 0 aliphatic heterocycles. The monoisotopic (exact) mass is 277 g/mol. The predicted molar refractivity (Wildman–Crippen MR) is 73.7 cm³/mol. The predicted octanol–water partition coefficient (Wildman–Crippen LogP) is 2.08. The topological polar surface area (TPSA) is 69.4 Å². The van der Waals surface area contributed by atoms with Crippen LogP contribution in [0.1, 0.15) is 24.2 Å². The molecule has 108 valence electrons. The number of benzene rings is 1. The van der Waals surface area contributed by atoms with E-state index in [1.54, 1.807) is 14.0 Å². The van der Waals surface area contributed by atoms with E-state index < -0.39 is 0 Å². The van der Waals surface area contributed by atoms with Crippen molar-refractivity contribution in [2.45, 2.75) is 27.0 Å². The molecule has 0 amide bonds. The van der Waals surface area contributed by atoms with Crippen LogP contribution in [0, 0.1) is 6.92 Å². The lowest BCUT2D eigenvalue weighted by molar-refractivity contribution is 0.233. The van der Waals surface area contributed by atoms with Gasteiger partial charge in [0.15, 0.2) is 23.9 Å². The minimum Gasteiger partial charge on any atom is -0.493 e. The summed E-state index contributed by atoms with van der Waals surface area (Å²) in [6.07, 6.45) is 0. The molecule has 0 radical (unpaired) electrons. The molecule has 0 atom stereocenters. The molecule has 1 aromatic carbocycles. The van der Waals surface area contributed by atoms with Gasteiger partial charge < -0.3 is 19.3 Å². The molecule has 0 unspecified atom stereocenters. The number of aryl methyl sites for hydroxylation is 1. The van der Waals surface area contributed by atoms with Gasteiger partial charge in [-0.25, -0.2) is 0 Å². The fourth-order valence-electron chi connectivity index (χ4n) is 1.75. The van der Waals surface area contributed by atoms with Crippen LogP contribution in [-0.2, 0) is 13.2 Å². The number of methoxy groups -OCH3 is 1. The van der Waals surface area contributed by atoms with E-state index in [0.29, 0.717) is 23.2 Å². The standard InChI is InChI=1S/C14H19N3O3/c1-4-15-8-11-5-6-12(18-3)13(7-11)19-9-14-16-10(2)17-20-14/h5-7,15H,4,8-9H2,1-3H3. The Kier molecular flexibility index (Phi) is 4.95. The third kappa shape index (κ3) is 3.71. The molecule has 1 N–H and O–H groups in total. The van der Waals surface area contributed by atoms with Gasteiger partial charge >= 0.3 is 0 Å². The van der Waals surface area contributed by atoms with Gasteiger partial charge in [-0.1, -0.05) is 18.1 Å². The summed E-state index contributed by atoms with van der Waals surface area (Å²) in [7, 11) is 1.61. The SMILES string of the molecule is CCNCc1ccc(OC)c(OCc2nc(C)no2)c1. The smallest absolute Gasteiger partial charge is 0.264 e. The lowest BCUT2D eigenvalue weighted by Gasteiger charge is -2.11. The number of nitrogens with one attached hydrogen (secondary N) is 1. The van der Waals surface area contributed by atoms with Gasteiger partial charge in [-0.05, 0) is 31.2 Å². The van der Waals surface area contributed by atoms with Crippen LogP contribution in [-0.4, -0.2) is 23.8 Å². The summed E-state index contributed by atoms with van der Waals surface area (Å²) in [5.41, 5.74) is 1.13. The molecule has 0 fully saturated rings. The second-order valence-corrected chi connectivity index (χ2v) is 4.29. The number of hydrogen-bond acceptors (Lipinski definition) is 6. The minimum absolute atomic E-state index is 0.224. The Morgan fingerprint density at radius 2 is 2.15 bits per heavy atom. The molecule has 0 saturated heterocycles. The summed E-state index contributed by atoms with van der Waals surface area (Å²) in [6, 6.07) is 5.84. The number of hydrogen-bond donors (Lipinski definition) is 1. The fraction of sp³-hybridized carbons (Fsp3) is 0.429. The quantitative estimate of drug-likeness (QED) is 0.835. The highest BCUT2D eigenvalue weighted by Gasteiger charge is 2.09. The normalized spacial score (nSPS) is 10.6. The van der Waals surface area contributed by atoms with Crippen molar-refractivity contribution in [3.63, 3.8) is 0 Å². The van der Waals surface area contributed by atoms with Gasteiger partial charge in [0, 0.05) is 6.54 Å². The first-order chi connectivity index (χ1) is 9.72. The van der Waals surface area contributed by atoms with Crippen molar-refractivity contribution in [3.8, 4) is 11.5 Å². The fourth-order valence-corrected chi connectivity index (χ4v) is 1.75. The molecule has 0 saturated carbocycles. The van der Waals surface area contributed by atoms with Gasteiger partial charge in [-0.3, -0.25) is 0 Å². The van der Waals surface area contributed by atoms with Crippen LogP contribution < -0.4 is 14.8 Å². The van der Waals surface area contributed by atoms with Crippen molar-refractivity contribution in [1.82, 2.24) is 15.5 Å². The lowest BCUT2D eigenvalue weighted by Crippen LogP contribution is -2.11. The number of ether oxygens (including phenoxy) is 2. The van der Waals surface area contributed by atoms with E-state index >= 15 is 0 Å². The van der Waals surface area contributed by atoms with Gasteiger partial charge in [0.2, 0.25) is 0 Å². The molecule has 2 rings (SSSR count). The van der Waals surface area contributed by atoms with E-state index in [1.807, 2.05) is 18.2 Å². The zero-order chi connectivity index (χ0) is 14.4. The molecule has 0 bridgehead atoms. The molecule has 20 heavy (non-hydrogen) atoms. The largest absolute Gasteiger partial charge is 0.493 e. The highest BCUT2D eigenvalue weighted by atomic mass is 16.5. The van der Waals surface area contributed by atoms with E-state index in [0.717, 1.165) is 18.7 Å². The van der Waals surface area contributed by atoms with Crippen molar-refractivity contribution in [1.29, 1.82) is 0 Å². The molecule has 6 nitrogen and oxygen atoms in total. The van der Waals surface area contributed by atoms with Gasteiger partial charge in [0.1, 0.15) is 0 Å².